The van der Waals surface area contributed by atoms with Crippen molar-refractivity contribution in [2.75, 3.05) is 37.8 Å². The predicted octanol–water partition coefficient (Wildman–Crippen LogP) is -0.00190. The van der Waals surface area contributed by atoms with Crippen LogP contribution in [0.1, 0.15) is 25.7 Å². The second-order valence-electron chi connectivity index (χ2n) is 5.56. The third-order valence-electron chi connectivity index (χ3n) is 3.88. The zero-order chi connectivity index (χ0) is 15.1. The highest BCUT2D eigenvalue weighted by molar-refractivity contribution is 8.00. The van der Waals surface area contributed by atoms with Gasteiger partial charge in [-0.15, -0.1) is 11.8 Å². The van der Waals surface area contributed by atoms with Crippen LogP contribution in [-0.2, 0) is 14.3 Å². The van der Waals surface area contributed by atoms with Crippen molar-refractivity contribution in [3.8, 4) is 0 Å². The molecule has 7 heteroatoms. The van der Waals surface area contributed by atoms with Crippen LogP contribution in [0.2, 0.25) is 0 Å². The van der Waals surface area contributed by atoms with Gasteiger partial charge < -0.3 is 20.1 Å². The first-order valence-corrected chi connectivity index (χ1v) is 8.71. The van der Waals surface area contributed by atoms with Crippen LogP contribution in [-0.4, -0.2) is 71.8 Å². The predicted molar refractivity (Wildman–Crippen MR) is 81.1 cm³/mol. The van der Waals surface area contributed by atoms with E-state index in [9.17, 15) is 14.7 Å². The van der Waals surface area contributed by atoms with Crippen LogP contribution in [0.25, 0.3) is 0 Å². The fourth-order valence-electron chi connectivity index (χ4n) is 2.62. The summed E-state index contributed by atoms with van der Waals surface area (Å²) >= 11 is 1.36. The van der Waals surface area contributed by atoms with Crippen molar-refractivity contribution in [3.05, 3.63) is 0 Å². The van der Waals surface area contributed by atoms with Crippen molar-refractivity contribution >= 4 is 23.6 Å². The Balaban J connectivity index is 1.57. The van der Waals surface area contributed by atoms with E-state index in [2.05, 4.69) is 5.32 Å². The van der Waals surface area contributed by atoms with Gasteiger partial charge in [0.25, 0.3) is 0 Å². The van der Waals surface area contributed by atoms with Crippen molar-refractivity contribution in [1.29, 1.82) is 0 Å². The van der Waals surface area contributed by atoms with Gasteiger partial charge in [-0.25, -0.2) is 0 Å². The number of carbonyl (C=O) groups is 2. The molecule has 0 spiro atoms. The van der Waals surface area contributed by atoms with Gasteiger partial charge in [-0.05, 0) is 25.7 Å². The molecule has 1 saturated heterocycles. The van der Waals surface area contributed by atoms with E-state index >= 15 is 0 Å². The molecule has 0 unspecified atom stereocenters. The molecule has 2 N–H and O–H groups in total. The number of ether oxygens (including phenoxy) is 1. The van der Waals surface area contributed by atoms with Crippen molar-refractivity contribution in [1.82, 2.24) is 10.2 Å². The summed E-state index contributed by atoms with van der Waals surface area (Å²) in [4.78, 5) is 25.5. The Morgan fingerprint density at radius 3 is 2.48 bits per heavy atom. The number of nitrogens with zero attached hydrogens (tertiary/aromatic N) is 1. The Morgan fingerprint density at radius 2 is 1.81 bits per heavy atom. The first-order valence-electron chi connectivity index (χ1n) is 7.56. The molecule has 6 nitrogen and oxygen atoms in total. The molecule has 21 heavy (non-hydrogen) atoms. The van der Waals surface area contributed by atoms with Crippen LogP contribution in [0.5, 0.6) is 0 Å². The number of aliphatic hydroxyl groups excluding tert-OH is 1. The molecule has 0 aromatic carbocycles. The second kappa shape index (κ2) is 8.60. The number of thioether (sulfide) groups is 1. The fraction of sp³-hybridized carbons (Fsp3) is 0.857. The Hall–Kier alpha value is -0.790. The highest BCUT2D eigenvalue weighted by Gasteiger charge is 2.21. The molecule has 2 aliphatic rings. The maximum Gasteiger partial charge on any atom is 0.232 e. The Labute approximate surface area is 129 Å². The molecule has 0 aromatic rings. The quantitative estimate of drug-likeness (QED) is 0.746. The van der Waals surface area contributed by atoms with E-state index in [1.165, 1.54) is 11.8 Å². The molecule has 2 rings (SSSR count). The molecule has 1 aliphatic carbocycles. The van der Waals surface area contributed by atoms with E-state index in [1.807, 2.05) is 0 Å². The smallest absolute Gasteiger partial charge is 0.232 e. The molecule has 1 saturated carbocycles. The summed E-state index contributed by atoms with van der Waals surface area (Å²) in [7, 11) is 0. The number of hydrogen-bond acceptors (Lipinski definition) is 5. The van der Waals surface area contributed by atoms with Gasteiger partial charge in [0.05, 0.1) is 30.8 Å². The van der Waals surface area contributed by atoms with Crippen molar-refractivity contribution in [3.63, 3.8) is 0 Å². The monoisotopic (exact) mass is 316 g/mol. The minimum Gasteiger partial charge on any atom is -0.393 e. The van der Waals surface area contributed by atoms with E-state index in [0.29, 0.717) is 37.8 Å². The summed E-state index contributed by atoms with van der Waals surface area (Å²) < 4.78 is 5.20. The van der Waals surface area contributed by atoms with Crippen LogP contribution in [0.15, 0.2) is 0 Å². The average Bonchev–Trinajstić information content (AvgIpc) is 2.50. The molecule has 1 aliphatic heterocycles. The molecule has 2 amide bonds. The maximum atomic E-state index is 11.9. The molecule has 0 bridgehead atoms. The molecule has 120 valence electrons. The number of nitrogens with one attached hydrogen (secondary N) is 1. The first kappa shape index (κ1) is 16.6. The van der Waals surface area contributed by atoms with E-state index in [4.69, 9.17) is 4.74 Å². The van der Waals surface area contributed by atoms with Crippen molar-refractivity contribution < 1.29 is 19.4 Å². The van der Waals surface area contributed by atoms with Gasteiger partial charge in [0.1, 0.15) is 0 Å². The topological polar surface area (TPSA) is 78.9 Å². The van der Waals surface area contributed by atoms with Crippen LogP contribution in [0.3, 0.4) is 0 Å². The summed E-state index contributed by atoms with van der Waals surface area (Å²) in [5.41, 5.74) is 0. The van der Waals surface area contributed by atoms with E-state index in [0.717, 1.165) is 25.7 Å². The van der Waals surface area contributed by atoms with Crippen LogP contribution < -0.4 is 5.32 Å². The Bertz CT molecular complexity index is 353. The fourth-order valence-corrected chi connectivity index (χ4v) is 3.35. The zero-order valence-corrected chi connectivity index (χ0v) is 13.1. The second-order valence-corrected chi connectivity index (χ2v) is 6.54. The lowest BCUT2D eigenvalue weighted by Gasteiger charge is -2.27. The van der Waals surface area contributed by atoms with E-state index < -0.39 is 0 Å². The average molecular weight is 316 g/mol. The molecule has 0 radical (unpaired) electrons. The number of rotatable bonds is 5. The molecular formula is C14H24N2O4S. The minimum absolute atomic E-state index is 0.0174. The Kier molecular flexibility index (Phi) is 6.79. The lowest BCUT2D eigenvalue weighted by molar-refractivity contribution is -0.132. The first-order chi connectivity index (χ1) is 10.1. The molecule has 2 fully saturated rings. The Morgan fingerprint density at radius 1 is 1.14 bits per heavy atom. The third kappa shape index (κ3) is 5.84. The third-order valence-corrected chi connectivity index (χ3v) is 4.80. The van der Waals surface area contributed by atoms with E-state index in [-0.39, 0.29) is 24.0 Å². The van der Waals surface area contributed by atoms with Crippen LogP contribution >= 0.6 is 11.8 Å². The van der Waals surface area contributed by atoms with Gasteiger partial charge in [0.15, 0.2) is 0 Å². The van der Waals surface area contributed by atoms with Crippen LogP contribution in [0, 0.1) is 0 Å². The highest BCUT2D eigenvalue weighted by Crippen LogP contribution is 2.18. The van der Waals surface area contributed by atoms with Crippen molar-refractivity contribution in [2.24, 2.45) is 0 Å². The highest BCUT2D eigenvalue weighted by atomic mass is 32.2. The summed E-state index contributed by atoms with van der Waals surface area (Å²) in [6, 6.07) is 0.177. The van der Waals surface area contributed by atoms with E-state index in [1.54, 1.807) is 4.90 Å². The lowest BCUT2D eigenvalue weighted by atomic mass is 9.93. The summed E-state index contributed by atoms with van der Waals surface area (Å²) in [5, 5.41) is 12.4. The number of morpholine rings is 1. The molecule has 0 atom stereocenters. The van der Waals surface area contributed by atoms with Crippen molar-refractivity contribution in [2.45, 2.75) is 37.8 Å². The molecule has 0 aromatic heterocycles. The van der Waals surface area contributed by atoms with Gasteiger partial charge in [-0.3, -0.25) is 9.59 Å². The number of carbonyl (C=O) groups excluding carboxylic acids is 2. The molecule has 1 heterocycles. The van der Waals surface area contributed by atoms with Gasteiger partial charge >= 0.3 is 0 Å². The largest absolute Gasteiger partial charge is 0.393 e. The summed E-state index contributed by atoms with van der Waals surface area (Å²) in [6.45, 7) is 2.50. The zero-order valence-electron chi connectivity index (χ0n) is 12.3. The number of hydrogen-bond donors (Lipinski definition) is 2. The molecular weight excluding hydrogens is 292 g/mol. The normalized spacial score (nSPS) is 26.4. The summed E-state index contributed by atoms with van der Waals surface area (Å²) in [6.07, 6.45) is 2.98. The number of aliphatic hydroxyl groups is 1. The number of amides is 2. The van der Waals surface area contributed by atoms with Crippen LogP contribution in [0.4, 0.5) is 0 Å². The van der Waals surface area contributed by atoms with Gasteiger partial charge in [-0.1, -0.05) is 0 Å². The van der Waals surface area contributed by atoms with Gasteiger partial charge in [0.2, 0.25) is 11.8 Å². The minimum atomic E-state index is -0.210. The van der Waals surface area contributed by atoms with Gasteiger partial charge in [-0.2, -0.15) is 0 Å². The lowest BCUT2D eigenvalue weighted by Crippen LogP contribution is -2.42. The standard InChI is InChI=1S/C14H24N2O4S/c17-12-3-1-11(2-4-12)15-13(18)9-21-10-14(19)16-5-7-20-8-6-16/h11-12,17H,1-10H2,(H,15,18). The maximum absolute atomic E-state index is 11.9. The van der Waals surface area contributed by atoms with Gasteiger partial charge in [0, 0.05) is 19.1 Å². The SMILES string of the molecule is O=C(CSCC(=O)N1CCOCC1)NC1CCC(O)CC1. The summed E-state index contributed by atoms with van der Waals surface area (Å²) in [5.74, 6) is 0.722.